The van der Waals surface area contributed by atoms with Gasteiger partial charge in [0.1, 0.15) is 0 Å². The molecule has 0 spiro atoms. The van der Waals surface area contributed by atoms with Crippen LogP contribution in [0.1, 0.15) is 37.5 Å². The van der Waals surface area contributed by atoms with Crippen LogP contribution >= 0.6 is 11.3 Å². The topological polar surface area (TPSA) is 66.4 Å². The summed E-state index contributed by atoms with van der Waals surface area (Å²) in [6.45, 7) is 2.52. The standard InChI is InChI=1S/C12H19NO3S2/c1-2-12(4-3-5-12)9-13-18(15,16)11-6-10(7-14)17-8-11/h6,8,13-14H,2-5,7,9H2,1H3. The molecule has 18 heavy (non-hydrogen) atoms. The average molecular weight is 289 g/mol. The maximum absolute atomic E-state index is 12.1. The lowest BCUT2D eigenvalue weighted by Gasteiger charge is -2.41. The Morgan fingerprint density at radius 3 is 2.67 bits per heavy atom. The third-order valence-electron chi connectivity index (χ3n) is 3.90. The highest BCUT2D eigenvalue weighted by molar-refractivity contribution is 7.89. The number of thiophene rings is 1. The van der Waals surface area contributed by atoms with E-state index in [9.17, 15) is 8.42 Å². The molecule has 6 heteroatoms. The molecule has 1 saturated carbocycles. The molecule has 0 bridgehead atoms. The first kappa shape index (κ1) is 14.0. The molecule has 1 aromatic heterocycles. The first-order valence-electron chi connectivity index (χ1n) is 6.19. The molecule has 1 aliphatic rings. The second kappa shape index (κ2) is 5.28. The van der Waals surface area contributed by atoms with E-state index in [1.807, 2.05) is 0 Å². The van der Waals surface area contributed by atoms with Gasteiger partial charge in [-0.05, 0) is 30.7 Å². The predicted molar refractivity (Wildman–Crippen MR) is 72.0 cm³/mol. The second-order valence-electron chi connectivity index (χ2n) is 4.94. The number of rotatable bonds is 6. The fourth-order valence-electron chi connectivity index (χ4n) is 2.25. The molecule has 2 N–H and O–H groups in total. The maximum Gasteiger partial charge on any atom is 0.241 e. The van der Waals surface area contributed by atoms with E-state index in [0.29, 0.717) is 11.4 Å². The van der Waals surface area contributed by atoms with E-state index in [4.69, 9.17) is 5.11 Å². The molecule has 2 rings (SSSR count). The van der Waals surface area contributed by atoms with Crippen LogP contribution in [0.5, 0.6) is 0 Å². The summed E-state index contributed by atoms with van der Waals surface area (Å²) >= 11 is 1.27. The summed E-state index contributed by atoms with van der Waals surface area (Å²) in [4.78, 5) is 0.936. The van der Waals surface area contributed by atoms with Crippen LogP contribution in [-0.2, 0) is 16.6 Å². The Balaban J connectivity index is 2.03. The summed E-state index contributed by atoms with van der Waals surface area (Å²) in [5.41, 5.74) is 0.170. The van der Waals surface area contributed by atoms with Crippen LogP contribution in [-0.4, -0.2) is 20.1 Å². The maximum atomic E-state index is 12.1. The van der Waals surface area contributed by atoms with Gasteiger partial charge in [-0.25, -0.2) is 13.1 Å². The van der Waals surface area contributed by atoms with E-state index in [-0.39, 0.29) is 16.9 Å². The molecule has 0 amide bonds. The highest BCUT2D eigenvalue weighted by Crippen LogP contribution is 2.43. The summed E-state index contributed by atoms with van der Waals surface area (Å²) in [7, 11) is -3.42. The quantitative estimate of drug-likeness (QED) is 0.843. The second-order valence-corrected chi connectivity index (χ2v) is 7.70. The Labute approximate surface area is 112 Å². The number of aliphatic hydroxyl groups excluding tert-OH is 1. The first-order valence-corrected chi connectivity index (χ1v) is 8.55. The summed E-state index contributed by atoms with van der Waals surface area (Å²) in [6.07, 6.45) is 4.43. The Kier molecular flexibility index (Phi) is 4.11. The SMILES string of the molecule is CCC1(CNS(=O)(=O)c2csc(CO)c2)CCC1. The van der Waals surface area contributed by atoms with Crippen molar-refractivity contribution in [3.63, 3.8) is 0 Å². The lowest BCUT2D eigenvalue weighted by Crippen LogP contribution is -2.41. The van der Waals surface area contributed by atoms with E-state index in [0.717, 1.165) is 19.3 Å². The Morgan fingerprint density at radius 1 is 1.50 bits per heavy atom. The highest BCUT2D eigenvalue weighted by Gasteiger charge is 2.36. The fraction of sp³-hybridized carbons (Fsp3) is 0.667. The predicted octanol–water partition coefficient (Wildman–Crippen LogP) is 2.10. The van der Waals surface area contributed by atoms with E-state index < -0.39 is 10.0 Å². The van der Waals surface area contributed by atoms with Crippen molar-refractivity contribution in [3.8, 4) is 0 Å². The van der Waals surface area contributed by atoms with Gasteiger partial charge in [0.25, 0.3) is 0 Å². The molecule has 1 heterocycles. The zero-order chi connectivity index (χ0) is 13.2. The van der Waals surface area contributed by atoms with Crippen molar-refractivity contribution in [2.24, 2.45) is 5.41 Å². The number of aliphatic hydroxyl groups is 1. The molecule has 1 aromatic rings. The molecule has 102 valence electrons. The van der Waals surface area contributed by atoms with Gasteiger partial charge in [0, 0.05) is 16.8 Å². The molecular weight excluding hydrogens is 270 g/mol. The van der Waals surface area contributed by atoms with Crippen molar-refractivity contribution in [1.82, 2.24) is 4.72 Å². The Bertz CT molecular complexity index is 498. The molecule has 0 aliphatic heterocycles. The number of nitrogens with one attached hydrogen (secondary N) is 1. The molecule has 0 saturated heterocycles. The zero-order valence-corrected chi connectivity index (χ0v) is 12.1. The number of sulfonamides is 1. The monoisotopic (exact) mass is 289 g/mol. The van der Waals surface area contributed by atoms with Crippen LogP contribution in [0.3, 0.4) is 0 Å². The van der Waals surface area contributed by atoms with Gasteiger partial charge in [-0.3, -0.25) is 0 Å². The normalized spacial score (nSPS) is 18.6. The van der Waals surface area contributed by atoms with Crippen molar-refractivity contribution < 1.29 is 13.5 Å². The summed E-state index contributed by atoms with van der Waals surface area (Å²) < 4.78 is 26.9. The third-order valence-corrected chi connectivity index (χ3v) is 6.35. The minimum Gasteiger partial charge on any atom is -0.391 e. The van der Waals surface area contributed by atoms with Crippen LogP contribution in [0.4, 0.5) is 0 Å². The van der Waals surface area contributed by atoms with Crippen molar-refractivity contribution in [2.45, 2.75) is 44.1 Å². The van der Waals surface area contributed by atoms with Gasteiger partial charge >= 0.3 is 0 Å². The van der Waals surface area contributed by atoms with E-state index in [1.165, 1.54) is 23.8 Å². The molecule has 0 unspecified atom stereocenters. The third kappa shape index (κ3) is 2.77. The van der Waals surface area contributed by atoms with Crippen LogP contribution in [0.25, 0.3) is 0 Å². The van der Waals surface area contributed by atoms with Gasteiger partial charge in [-0.2, -0.15) is 0 Å². The largest absolute Gasteiger partial charge is 0.391 e. The number of hydrogen-bond acceptors (Lipinski definition) is 4. The Morgan fingerprint density at radius 2 is 2.22 bits per heavy atom. The molecule has 1 fully saturated rings. The lowest BCUT2D eigenvalue weighted by atomic mass is 9.67. The first-order chi connectivity index (χ1) is 8.51. The highest BCUT2D eigenvalue weighted by atomic mass is 32.2. The lowest BCUT2D eigenvalue weighted by molar-refractivity contribution is 0.133. The summed E-state index contributed by atoms with van der Waals surface area (Å²) in [5, 5.41) is 10.5. The van der Waals surface area contributed by atoms with Crippen LogP contribution in [0.15, 0.2) is 16.3 Å². The van der Waals surface area contributed by atoms with Crippen LogP contribution in [0.2, 0.25) is 0 Å². The van der Waals surface area contributed by atoms with Gasteiger partial charge in [-0.15, -0.1) is 11.3 Å². The average Bonchev–Trinajstić information content (AvgIpc) is 2.77. The number of hydrogen-bond donors (Lipinski definition) is 2. The summed E-state index contributed by atoms with van der Waals surface area (Å²) in [6, 6.07) is 1.53. The molecule has 1 aliphatic carbocycles. The van der Waals surface area contributed by atoms with Crippen molar-refractivity contribution in [3.05, 3.63) is 16.3 Å². The van der Waals surface area contributed by atoms with Gasteiger partial charge < -0.3 is 5.11 Å². The van der Waals surface area contributed by atoms with Gasteiger partial charge in [-0.1, -0.05) is 13.3 Å². The van der Waals surface area contributed by atoms with Crippen molar-refractivity contribution >= 4 is 21.4 Å². The molecule has 0 radical (unpaired) electrons. The van der Waals surface area contributed by atoms with Crippen LogP contribution < -0.4 is 4.72 Å². The smallest absolute Gasteiger partial charge is 0.241 e. The molecular formula is C12H19NO3S2. The minimum absolute atomic E-state index is 0.112. The van der Waals surface area contributed by atoms with Crippen molar-refractivity contribution in [1.29, 1.82) is 0 Å². The van der Waals surface area contributed by atoms with Gasteiger partial charge in [0.15, 0.2) is 0 Å². The van der Waals surface area contributed by atoms with Crippen molar-refractivity contribution in [2.75, 3.05) is 6.54 Å². The van der Waals surface area contributed by atoms with E-state index in [1.54, 1.807) is 5.38 Å². The van der Waals surface area contributed by atoms with Gasteiger partial charge in [0.2, 0.25) is 10.0 Å². The van der Waals surface area contributed by atoms with Crippen LogP contribution in [0, 0.1) is 5.41 Å². The molecule has 0 aromatic carbocycles. The van der Waals surface area contributed by atoms with E-state index in [2.05, 4.69) is 11.6 Å². The Hall–Kier alpha value is -0.430. The molecule has 4 nitrogen and oxygen atoms in total. The zero-order valence-electron chi connectivity index (χ0n) is 10.5. The van der Waals surface area contributed by atoms with E-state index >= 15 is 0 Å². The fourth-order valence-corrected chi connectivity index (χ4v) is 4.54. The van der Waals surface area contributed by atoms with Gasteiger partial charge in [0.05, 0.1) is 11.5 Å². The minimum atomic E-state index is -3.42. The summed E-state index contributed by atoms with van der Waals surface area (Å²) in [5.74, 6) is 0. The molecule has 0 atom stereocenters.